The summed E-state index contributed by atoms with van der Waals surface area (Å²) in [7, 11) is -3.15. The molecular weight excluding hydrogens is 292 g/mol. The van der Waals surface area contributed by atoms with Crippen LogP contribution in [-0.4, -0.2) is 55.2 Å². The van der Waals surface area contributed by atoms with Crippen molar-refractivity contribution < 1.29 is 18.3 Å². The van der Waals surface area contributed by atoms with Crippen LogP contribution in [0.5, 0.6) is 0 Å². The van der Waals surface area contributed by atoms with E-state index in [9.17, 15) is 18.3 Å². The summed E-state index contributed by atoms with van der Waals surface area (Å²) in [6.45, 7) is 1.13. The van der Waals surface area contributed by atoms with Gasteiger partial charge in [-0.05, 0) is 25.7 Å². The molecule has 21 heavy (non-hydrogen) atoms. The van der Waals surface area contributed by atoms with E-state index in [0.29, 0.717) is 32.5 Å². The lowest BCUT2D eigenvalue weighted by Crippen LogP contribution is -2.48. The van der Waals surface area contributed by atoms with Crippen molar-refractivity contribution in [1.29, 1.82) is 0 Å². The van der Waals surface area contributed by atoms with Gasteiger partial charge in [-0.2, -0.15) is 0 Å². The molecule has 6 nitrogen and oxygen atoms in total. The highest BCUT2D eigenvalue weighted by Crippen LogP contribution is 2.27. The number of amides is 1. The molecule has 0 spiro atoms. The first kappa shape index (κ1) is 16.7. The SMILES string of the molecule is CS(=O)(=O)N1CCC(C(=O)NCC2(O)CCCCC2)CC1. The van der Waals surface area contributed by atoms with Gasteiger partial charge in [0.05, 0.1) is 11.9 Å². The molecular formula is C14H26N2O4S. The van der Waals surface area contributed by atoms with Crippen molar-refractivity contribution in [2.75, 3.05) is 25.9 Å². The van der Waals surface area contributed by atoms with Gasteiger partial charge >= 0.3 is 0 Å². The summed E-state index contributed by atoms with van der Waals surface area (Å²) in [5.41, 5.74) is -0.749. The van der Waals surface area contributed by atoms with Crippen molar-refractivity contribution >= 4 is 15.9 Å². The predicted molar refractivity (Wildman–Crippen MR) is 80.2 cm³/mol. The zero-order valence-electron chi connectivity index (χ0n) is 12.7. The van der Waals surface area contributed by atoms with Crippen LogP contribution in [0.4, 0.5) is 0 Å². The van der Waals surface area contributed by atoms with Crippen LogP contribution in [0.3, 0.4) is 0 Å². The monoisotopic (exact) mass is 318 g/mol. The van der Waals surface area contributed by atoms with Gasteiger partial charge in [0.2, 0.25) is 15.9 Å². The Morgan fingerprint density at radius 3 is 2.33 bits per heavy atom. The van der Waals surface area contributed by atoms with Gasteiger partial charge in [0.1, 0.15) is 0 Å². The first-order chi connectivity index (χ1) is 9.80. The number of nitrogens with one attached hydrogen (secondary N) is 1. The van der Waals surface area contributed by atoms with Crippen LogP contribution in [0.1, 0.15) is 44.9 Å². The van der Waals surface area contributed by atoms with Gasteiger partial charge in [-0.15, -0.1) is 0 Å². The number of aliphatic hydroxyl groups is 1. The van der Waals surface area contributed by atoms with E-state index in [2.05, 4.69) is 5.32 Å². The van der Waals surface area contributed by atoms with Crippen LogP contribution in [-0.2, 0) is 14.8 Å². The van der Waals surface area contributed by atoms with Crippen molar-refractivity contribution in [3.05, 3.63) is 0 Å². The highest BCUT2D eigenvalue weighted by Gasteiger charge is 2.32. The molecule has 0 bridgehead atoms. The fourth-order valence-corrected chi connectivity index (χ4v) is 4.11. The zero-order chi connectivity index (χ0) is 15.5. The van der Waals surface area contributed by atoms with E-state index in [1.165, 1.54) is 10.6 Å². The van der Waals surface area contributed by atoms with Crippen LogP contribution >= 0.6 is 0 Å². The summed E-state index contributed by atoms with van der Waals surface area (Å²) in [6, 6.07) is 0. The van der Waals surface area contributed by atoms with Crippen molar-refractivity contribution in [3.63, 3.8) is 0 Å². The fourth-order valence-electron chi connectivity index (χ4n) is 3.23. The Morgan fingerprint density at radius 1 is 1.24 bits per heavy atom. The number of carbonyl (C=O) groups is 1. The minimum absolute atomic E-state index is 0.0536. The zero-order valence-corrected chi connectivity index (χ0v) is 13.5. The molecule has 122 valence electrons. The number of piperidine rings is 1. The van der Waals surface area contributed by atoms with E-state index >= 15 is 0 Å². The summed E-state index contributed by atoms with van der Waals surface area (Å²) < 4.78 is 24.3. The molecule has 1 saturated carbocycles. The molecule has 2 aliphatic rings. The first-order valence-electron chi connectivity index (χ1n) is 7.75. The molecule has 0 unspecified atom stereocenters. The van der Waals surface area contributed by atoms with E-state index in [0.717, 1.165) is 32.1 Å². The van der Waals surface area contributed by atoms with Crippen molar-refractivity contribution in [1.82, 2.24) is 9.62 Å². The molecule has 2 rings (SSSR count). The number of carbonyl (C=O) groups excluding carboxylic acids is 1. The lowest BCUT2D eigenvalue weighted by molar-refractivity contribution is -0.127. The van der Waals surface area contributed by atoms with E-state index in [-0.39, 0.29) is 11.8 Å². The minimum atomic E-state index is -3.15. The van der Waals surface area contributed by atoms with Crippen LogP contribution in [0, 0.1) is 5.92 Å². The van der Waals surface area contributed by atoms with Crippen LogP contribution < -0.4 is 5.32 Å². The second kappa shape index (κ2) is 6.62. The summed E-state index contributed by atoms with van der Waals surface area (Å²) in [5, 5.41) is 13.2. The third-order valence-corrected chi connectivity index (χ3v) is 5.97. The Morgan fingerprint density at radius 2 is 1.81 bits per heavy atom. The second-order valence-electron chi connectivity index (χ2n) is 6.44. The molecule has 0 aromatic heterocycles. The van der Waals surface area contributed by atoms with Crippen LogP contribution in [0.15, 0.2) is 0 Å². The molecule has 2 fully saturated rings. The first-order valence-corrected chi connectivity index (χ1v) is 9.60. The topological polar surface area (TPSA) is 86.7 Å². The van der Waals surface area contributed by atoms with Gasteiger partial charge in [0.25, 0.3) is 0 Å². The quantitative estimate of drug-likeness (QED) is 0.789. The van der Waals surface area contributed by atoms with Gasteiger partial charge in [-0.1, -0.05) is 19.3 Å². The number of nitrogens with zero attached hydrogens (tertiary/aromatic N) is 1. The van der Waals surface area contributed by atoms with Crippen LogP contribution in [0.25, 0.3) is 0 Å². The smallest absolute Gasteiger partial charge is 0.223 e. The molecule has 1 heterocycles. The Labute approximate surface area is 126 Å². The van der Waals surface area contributed by atoms with E-state index in [1.807, 2.05) is 0 Å². The highest BCUT2D eigenvalue weighted by atomic mass is 32.2. The van der Waals surface area contributed by atoms with E-state index < -0.39 is 15.6 Å². The summed E-state index contributed by atoms with van der Waals surface area (Å²) >= 11 is 0. The Kier molecular flexibility index (Phi) is 5.27. The molecule has 7 heteroatoms. The highest BCUT2D eigenvalue weighted by molar-refractivity contribution is 7.88. The average Bonchev–Trinajstić information content (AvgIpc) is 2.45. The Balaban J connectivity index is 1.77. The van der Waals surface area contributed by atoms with Gasteiger partial charge in [-0.25, -0.2) is 12.7 Å². The average molecular weight is 318 g/mol. The number of hydrogen-bond donors (Lipinski definition) is 2. The molecule has 2 N–H and O–H groups in total. The third kappa shape index (κ3) is 4.66. The molecule has 0 radical (unpaired) electrons. The van der Waals surface area contributed by atoms with E-state index in [1.54, 1.807) is 0 Å². The lowest BCUT2D eigenvalue weighted by Gasteiger charge is -2.34. The second-order valence-corrected chi connectivity index (χ2v) is 8.42. The Hall–Kier alpha value is -0.660. The number of sulfonamides is 1. The maximum atomic E-state index is 12.1. The van der Waals surface area contributed by atoms with Crippen molar-refractivity contribution in [2.24, 2.45) is 5.92 Å². The summed E-state index contributed by atoms with van der Waals surface area (Å²) in [6.07, 6.45) is 6.98. The predicted octanol–water partition coefficient (Wildman–Crippen LogP) is 0.469. The summed E-state index contributed by atoms with van der Waals surface area (Å²) in [5.74, 6) is -0.197. The standard InChI is InChI=1S/C14H26N2O4S/c1-21(19,20)16-9-5-12(6-10-16)13(17)15-11-14(18)7-3-2-4-8-14/h12,18H,2-11H2,1H3,(H,15,17). The number of hydrogen-bond acceptors (Lipinski definition) is 4. The van der Waals surface area contributed by atoms with Crippen LogP contribution in [0.2, 0.25) is 0 Å². The fraction of sp³-hybridized carbons (Fsp3) is 0.929. The Bertz CT molecular complexity index is 463. The van der Waals surface area contributed by atoms with Crippen molar-refractivity contribution in [3.8, 4) is 0 Å². The van der Waals surface area contributed by atoms with Gasteiger partial charge in [-0.3, -0.25) is 4.79 Å². The third-order valence-electron chi connectivity index (χ3n) is 4.67. The van der Waals surface area contributed by atoms with Gasteiger partial charge in [0, 0.05) is 25.6 Å². The molecule has 0 aromatic rings. The maximum Gasteiger partial charge on any atom is 0.223 e. The normalized spacial score (nSPS) is 24.7. The summed E-state index contributed by atoms with van der Waals surface area (Å²) in [4.78, 5) is 12.1. The lowest BCUT2D eigenvalue weighted by atomic mass is 9.84. The van der Waals surface area contributed by atoms with Gasteiger partial charge in [0.15, 0.2) is 0 Å². The molecule has 1 aliphatic heterocycles. The number of rotatable bonds is 4. The largest absolute Gasteiger partial charge is 0.388 e. The minimum Gasteiger partial charge on any atom is -0.388 e. The van der Waals surface area contributed by atoms with Gasteiger partial charge < -0.3 is 10.4 Å². The van der Waals surface area contributed by atoms with E-state index in [4.69, 9.17) is 0 Å². The molecule has 1 aliphatic carbocycles. The molecule has 0 aromatic carbocycles. The van der Waals surface area contributed by atoms with Crippen molar-refractivity contribution in [2.45, 2.75) is 50.5 Å². The molecule has 0 atom stereocenters. The molecule has 1 saturated heterocycles. The molecule has 1 amide bonds. The maximum absolute atomic E-state index is 12.1.